The number of fused-ring (bicyclic) bond motifs is 1. The van der Waals surface area contributed by atoms with E-state index in [0.717, 1.165) is 31.1 Å². The van der Waals surface area contributed by atoms with Crippen LogP contribution >= 0.6 is 0 Å². The SMILES string of the molecule is C=C(OCC)c1c(C)c2cnc(NC(N)CCC(C3CCN(C(=O)OC(C)(C)C)CC3)[C@H](N)C(=O)O)nc2n(C2CCCC2)c1=O. The molecule has 1 aliphatic carbocycles. The number of carboxylic acid groups (broad SMARTS) is 1. The van der Waals surface area contributed by atoms with E-state index in [0.29, 0.717) is 67.9 Å². The molecule has 3 atom stereocenters. The Bertz CT molecular complexity index is 1470. The van der Waals surface area contributed by atoms with Crippen molar-refractivity contribution in [2.45, 2.75) is 110 Å². The normalized spacial score (nSPS) is 18.3. The van der Waals surface area contributed by atoms with E-state index in [9.17, 15) is 19.5 Å². The Kier molecular flexibility index (Phi) is 11.3. The Hall–Kier alpha value is -3.71. The van der Waals surface area contributed by atoms with Gasteiger partial charge in [-0.3, -0.25) is 14.2 Å². The minimum Gasteiger partial charge on any atom is -0.494 e. The summed E-state index contributed by atoms with van der Waals surface area (Å²) in [7, 11) is 0. The van der Waals surface area contributed by atoms with Crippen LogP contribution in [-0.4, -0.2) is 74.1 Å². The summed E-state index contributed by atoms with van der Waals surface area (Å²) in [5, 5.41) is 13.7. The van der Waals surface area contributed by atoms with Crippen molar-refractivity contribution in [3.05, 3.63) is 34.3 Å². The number of likely N-dealkylation sites (tertiary alicyclic amines) is 1. The van der Waals surface area contributed by atoms with Crippen LogP contribution in [0.4, 0.5) is 10.7 Å². The Morgan fingerprint density at radius 2 is 1.80 bits per heavy atom. The molecule has 13 nitrogen and oxygen atoms in total. The number of aryl methyl sites for hydroxylation is 1. The van der Waals surface area contributed by atoms with E-state index < -0.39 is 23.8 Å². The van der Waals surface area contributed by atoms with Crippen molar-refractivity contribution in [1.29, 1.82) is 0 Å². The van der Waals surface area contributed by atoms with Crippen molar-refractivity contribution >= 4 is 34.8 Å². The van der Waals surface area contributed by atoms with Gasteiger partial charge in [0.15, 0.2) is 0 Å². The summed E-state index contributed by atoms with van der Waals surface area (Å²) in [4.78, 5) is 49.3. The van der Waals surface area contributed by atoms with E-state index in [1.54, 1.807) is 15.7 Å². The number of amides is 1. The topological polar surface area (TPSA) is 188 Å². The van der Waals surface area contributed by atoms with Crippen LogP contribution in [0.3, 0.4) is 0 Å². The van der Waals surface area contributed by atoms with Gasteiger partial charge in [0, 0.05) is 30.7 Å². The zero-order valence-electron chi connectivity index (χ0n) is 27.9. The summed E-state index contributed by atoms with van der Waals surface area (Å²) in [6.07, 6.45) is 6.70. The maximum absolute atomic E-state index is 13.8. The number of carbonyl (C=O) groups excluding carboxylic acids is 1. The van der Waals surface area contributed by atoms with E-state index >= 15 is 0 Å². The Labute approximate surface area is 270 Å². The highest BCUT2D eigenvalue weighted by molar-refractivity contribution is 5.84. The monoisotopic (exact) mass is 641 g/mol. The highest BCUT2D eigenvalue weighted by Gasteiger charge is 2.36. The first kappa shape index (κ1) is 35.1. The van der Waals surface area contributed by atoms with Gasteiger partial charge in [-0.1, -0.05) is 19.4 Å². The lowest BCUT2D eigenvalue weighted by Crippen LogP contribution is -2.48. The van der Waals surface area contributed by atoms with Gasteiger partial charge < -0.3 is 36.3 Å². The zero-order chi connectivity index (χ0) is 33.8. The summed E-state index contributed by atoms with van der Waals surface area (Å²) in [5.74, 6) is -0.765. The molecule has 2 aromatic rings. The van der Waals surface area contributed by atoms with Crippen LogP contribution in [0.25, 0.3) is 16.8 Å². The number of aliphatic carboxylic acids is 1. The van der Waals surface area contributed by atoms with Gasteiger partial charge in [0.2, 0.25) is 5.95 Å². The Morgan fingerprint density at radius 1 is 1.15 bits per heavy atom. The number of anilines is 1. The molecule has 0 spiro atoms. The molecule has 2 aromatic heterocycles. The fourth-order valence-electron chi connectivity index (χ4n) is 6.82. The van der Waals surface area contributed by atoms with Gasteiger partial charge in [-0.2, -0.15) is 4.98 Å². The van der Waals surface area contributed by atoms with Crippen LogP contribution in [0.5, 0.6) is 0 Å². The first-order chi connectivity index (χ1) is 21.7. The maximum Gasteiger partial charge on any atom is 0.410 e. The first-order valence-electron chi connectivity index (χ1n) is 16.4. The number of carboxylic acids is 1. The minimum absolute atomic E-state index is 0.0124. The lowest BCUT2D eigenvalue weighted by molar-refractivity contribution is -0.140. The average molecular weight is 642 g/mol. The molecule has 13 heteroatoms. The second-order valence-electron chi connectivity index (χ2n) is 13.6. The van der Waals surface area contributed by atoms with E-state index in [2.05, 4.69) is 16.9 Å². The molecule has 2 unspecified atom stereocenters. The summed E-state index contributed by atoms with van der Waals surface area (Å²) in [6.45, 7) is 14.5. The van der Waals surface area contributed by atoms with Crippen LogP contribution in [-0.2, 0) is 14.3 Å². The second kappa shape index (κ2) is 14.8. The number of aromatic nitrogens is 3. The van der Waals surface area contributed by atoms with Gasteiger partial charge in [0.25, 0.3) is 5.56 Å². The summed E-state index contributed by atoms with van der Waals surface area (Å²) in [6, 6.07) is -1.05. The Morgan fingerprint density at radius 3 is 2.39 bits per heavy atom. The highest BCUT2D eigenvalue weighted by atomic mass is 16.6. The third-order valence-corrected chi connectivity index (χ3v) is 9.16. The van der Waals surface area contributed by atoms with Crippen LogP contribution in [0.15, 0.2) is 17.6 Å². The Balaban J connectivity index is 1.50. The van der Waals surface area contributed by atoms with Gasteiger partial charge in [-0.05, 0) is 90.5 Å². The van der Waals surface area contributed by atoms with Crippen molar-refractivity contribution in [2.75, 3.05) is 25.0 Å². The summed E-state index contributed by atoms with van der Waals surface area (Å²) < 4.78 is 12.9. The lowest BCUT2D eigenvalue weighted by atomic mass is 9.77. The molecule has 1 aliphatic heterocycles. The molecule has 1 saturated carbocycles. The number of ether oxygens (including phenoxy) is 2. The van der Waals surface area contributed by atoms with Crippen molar-refractivity contribution in [1.82, 2.24) is 19.4 Å². The predicted octanol–water partition coefficient (Wildman–Crippen LogP) is 4.37. The number of nitrogens with two attached hydrogens (primary N) is 2. The predicted molar refractivity (Wildman–Crippen MR) is 177 cm³/mol. The van der Waals surface area contributed by atoms with Crippen molar-refractivity contribution < 1.29 is 24.2 Å². The van der Waals surface area contributed by atoms with Gasteiger partial charge in [-0.25, -0.2) is 9.78 Å². The molecule has 4 rings (SSSR count). The van der Waals surface area contributed by atoms with Crippen LogP contribution in [0.1, 0.15) is 96.2 Å². The maximum atomic E-state index is 13.8. The fourth-order valence-corrected chi connectivity index (χ4v) is 6.82. The minimum atomic E-state index is -1.06. The molecule has 1 amide bonds. The third-order valence-electron chi connectivity index (χ3n) is 9.16. The van der Waals surface area contributed by atoms with Crippen molar-refractivity contribution in [3.8, 4) is 0 Å². The molecule has 1 saturated heterocycles. The summed E-state index contributed by atoms with van der Waals surface area (Å²) >= 11 is 0. The molecule has 46 heavy (non-hydrogen) atoms. The summed E-state index contributed by atoms with van der Waals surface area (Å²) in [5.41, 5.74) is 13.6. The molecule has 6 N–H and O–H groups in total. The molecular formula is C33H51N7O6. The smallest absolute Gasteiger partial charge is 0.410 e. The van der Waals surface area contributed by atoms with Crippen molar-refractivity contribution in [2.24, 2.45) is 23.3 Å². The molecule has 2 fully saturated rings. The number of piperidine rings is 1. The lowest BCUT2D eigenvalue weighted by Gasteiger charge is -2.38. The number of hydrogen-bond acceptors (Lipinski definition) is 10. The van der Waals surface area contributed by atoms with Crippen molar-refractivity contribution in [3.63, 3.8) is 0 Å². The molecule has 2 aliphatic rings. The van der Waals surface area contributed by atoms with Gasteiger partial charge in [-0.15, -0.1) is 0 Å². The van der Waals surface area contributed by atoms with E-state index in [1.807, 2.05) is 34.6 Å². The number of nitrogens with zero attached hydrogens (tertiary/aromatic N) is 4. The second-order valence-corrected chi connectivity index (χ2v) is 13.6. The number of pyridine rings is 1. The quantitative estimate of drug-likeness (QED) is 0.190. The zero-order valence-corrected chi connectivity index (χ0v) is 27.9. The van der Waals surface area contributed by atoms with Gasteiger partial charge >= 0.3 is 12.1 Å². The fraction of sp³-hybridized carbons (Fsp3) is 0.667. The molecule has 3 heterocycles. The van der Waals surface area contributed by atoms with E-state index in [1.165, 1.54) is 0 Å². The standard InChI is InChI=1S/C33H51N7O6/c1-7-45-20(3)26-19(2)24-18-36-31(38-28(24)40(29(26)41)22-10-8-9-11-22)37-25(34)13-12-23(27(35)30(42)43)21-14-16-39(17-15-21)32(44)46-33(4,5)6/h18,21-23,25,27H,3,7-17,34-35H2,1-2,4-6H3,(H,42,43)(H,36,37,38)/t23?,25?,27-/m0/s1. The molecule has 0 radical (unpaired) electrons. The molecule has 254 valence electrons. The highest BCUT2D eigenvalue weighted by Crippen LogP contribution is 2.34. The van der Waals surface area contributed by atoms with Gasteiger partial charge in [0.05, 0.1) is 18.3 Å². The largest absolute Gasteiger partial charge is 0.494 e. The first-order valence-corrected chi connectivity index (χ1v) is 16.4. The van der Waals surface area contributed by atoms with Crippen LogP contribution in [0, 0.1) is 18.8 Å². The number of carbonyl (C=O) groups is 2. The number of hydrogen-bond donors (Lipinski definition) is 4. The third kappa shape index (κ3) is 8.16. The van der Waals surface area contributed by atoms with Crippen LogP contribution in [0.2, 0.25) is 0 Å². The van der Waals surface area contributed by atoms with Crippen LogP contribution < -0.4 is 22.3 Å². The number of rotatable bonds is 12. The van der Waals surface area contributed by atoms with E-state index in [-0.39, 0.29) is 35.5 Å². The number of nitrogens with one attached hydrogen (secondary N) is 1. The molecular weight excluding hydrogens is 590 g/mol. The van der Waals surface area contributed by atoms with Gasteiger partial charge in [0.1, 0.15) is 23.0 Å². The average Bonchev–Trinajstić information content (AvgIpc) is 3.51. The van der Waals surface area contributed by atoms with E-state index in [4.69, 9.17) is 25.9 Å². The molecule has 0 aromatic carbocycles. The molecule has 0 bridgehead atoms.